The van der Waals surface area contributed by atoms with E-state index in [0.29, 0.717) is 13.2 Å². The largest absolute Gasteiger partial charge is 0.382 e. The summed E-state index contributed by atoms with van der Waals surface area (Å²) in [6, 6.07) is 0.150. The molecule has 1 aliphatic rings. The van der Waals surface area contributed by atoms with Gasteiger partial charge in [-0.05, 0) is 20.3 Å². The van der Waals surface area contributed by atoms with Gasteiger partial charge in [-0.15, -0.1) is 0 Å². The van der Waals surface area contributed by atoms with Crippen molar-refractivity contribution >= 4 is 5.91 Å². The third-order valence-electron chi connectivity index (χ3n) is 3.48. The van der Waals surface area contributed by atoms with E-state index in [1.807, 2.05) is 13.1 Å². The number of methoxy groups -OCH3 is 1. The molecule has 0 unspecified atom stereocenters. The molecular formula is C14H23N3O3. The molecule has 0 fully saturated rings. The van der Waals surface area contributed by atoms with Gasteiger partial charge < -0.3 is 19.4 Å². The number of fused-ring (bicyclic) bond motifs is 1. The third kappa shape index (κ3) is 3.80. The van der Waals surface area contributed by atoms with Crippen LogP contribution in [0.5, 0.6) is 0 Å². The van der Waals surface area contributed by atoms with Gasteiger partial charge >= 0.3 is 0 Å². The smallest absolute Gasteiger partial charge is 0.249 e. The van der Waals surface area contributed by atoms with Crippen molar-refractivity contribution in [3.05, 3.63) is 17.7 Å². The van der Waals surface area contributed by atoms with Crippen LogP contribution < -0.4 is 5.32 Å². The fourth-order valence-corrected chi connectivity index (χ4v) is 2.41. The van der Waals surface area contributed by atoms with Gasteiger partial charge in [-0.25, -0.2) is 4.98 Å². The number of amides is 1. The Morgan fingerprint density at radius 1 is 1.60 bits per heavy atom. The van der Waals surface area contributed by atoms with Gasteiger partial charge in [-0.1, -0.05) is 0 Å². The molecule has 0 saturated carbocycles. The molecule has 1 aliphatic heterocycles. The average molecular weight is 281 g/mol. The normalized spacial score (nSPS) is 19.4. The van der Waals surface area contributed by atoms with Gasteiger partial charge in [0.15, 0.2) is 0 Å². The topological polar surface area (TPSA) is 65.4 Å². The first-order valence-corrected chi connectivity index (χ1v) is 7.03. The van der Waals surface area contributed by atoms with Crippen molar-refractivity contribution in [1.29, 1.82) is 0 Å². The van der Waals surface area contributed by atoms with E-state index >= 15 is 0 Å². The Bertz CT molecular complexity index is 459. The molecule has 0 saturated heterocycles. The van der Waals surface area contributed by atoms with E-state index in [1.165, 1.54) is 0 Å². The SMILES string of the molecule is COCCO[C@H](C)C(=O)N[C@H]1CCc2nc(C)cn2C1. The molecule has 6 nitrogen and oxygen atoms in total. The van der Waals surface area contributed by atoms with Crippen LogP contribution in [0.1, 0.15) is 24.9 Å². The second-order valence-electron chi connectivity index (χ2n) is 5.20. The van der Waals surface area contributed by atoms with Crippen LogP contribution in [-0.2, 0) is 27.2 Å². The monoisotopic (exact) mass is 281 g/mol. The van der Waals surface area contributed by atoms with Crippen molar-refractivity contribution in [3.8, 4) is 0 Å². The predicted molar refractivity (Wildman–Crippen MR) is 74.5 cm³/mol. The summed E-state index contributed by atoms with van der Waals surface area (Å²) in [4.78, 5) is 16.5. The van der Waals surface area contributed by atoms with Crippen LogP contribution in [0, 0.1) is 6.92 Å². The Morgan fingerprint density at radius 3 is 3.15 bits per heavy atom. The standard InChI is InChI=1S/C14H23N3O3/c1-10-8-17-9-12(4-5-13(17)15-10)16-14(18)11(2)20-7-6-19-3/h8,11-12H,4-7,9H2,1-3H3,(H,16,18)/t11-,12+/m1/s1. The summed E-state index contributed by atoms with van der Waals surface area (Å²) in [5, 5.41) is 3.04. The highest BCUT2D eigenvalue weighted by atomic mass is 16.5. The first-order valence-electron chi connectivity index (χ1n) is 7.03. The zero-order chi connectivity index (χ0) is 14.5. The van der Waals surface area contributed by atoms with Crippen LogP contribution in [0.3, 0.4) is 0 Å². The number of nitrogens with zero attached hydrogens (tertiary/aromatic N) is 2. The van der Waals surface area contributed by atoms with Gasteiger partial charge in [-0.3, -0.25) is 4.79 Å². The summed E-state index contributed by atoms with van der Waals surface area (Å²) in [7, 11) is 1.61. The first-order chi connectivity index (χ1) is 9.60. The molecule has 6 heteroatoms. The highest BCUT2D eigenvalue weighted by Gasteiger charge is 2.23. The van der Waals surface area contributed by atoms with Crippen LogP contribution in [-0.4, -0.2) is 47.9 Å². The molecule has 0 bridgehead atoms. The maximum atomic E-state index is 12.0. The maximum Gasteiger partial charge on any atom is 0.249 e. The van der Waals surface area contributed by atoms with Gasteiger partial charge in [0.05, 0.1) is 18.9 Å². The molecule has 0 radical (unpaired) electrons. The van der Waals surface area contributed by atoms with Crippen LogP contribution in [0.25, 0.3) is 0 Å². The van der Waals surface area contributed by atoms with Crippen molar-refractivity contribution < 1.29 is 14.3 Å². The van der Waals surface area contributed by atoms with E-state index in [0.717, 1.165) is 30.9 Å². The Hall–Kier alpha value is -1.40. The average Bonchev–Trinajstić information content (AvgIpc) is 2.78. The van der Waals surface area contributed by atoms with E-state index in [-0.39, 0.29) is 11.9 Å². The van der Waals surface area contributed by atoms with E-state index < -0.39 is 6.10 Å². The van der Waals surface area contributed by atoms with Crippen LogP contribution in [0.4, 0.5) is 0 Å². The van der Waals surface area contributed by atoms with Crippen molar-refractivity contribution in [3.63, 3.8) is 0 Å². The lowest BCUT2D eigenvalue weighted by atomic mass is 10.1. The molecule has 20 heavy (non-hydrogen) atoms. The molecule has 2 heterocycles. The van der Waals surface area contributed by atoms with Crippen molar-refractivity contribution in [1.82, 2.24) is 14.9 Å². The maximum absolute atomic E-state index is 12.0. The number of hydrogen-bond acceptors (Lipinski definition) is 4. The fraction of sp³-hybridized carbons (Fsp3) is 0.714. The lowest BCUT2D eigenvalue weighted by Crippen LogP contribution is -2.45. The Balaban J connectivity index is 1.81. The van der Waals surface area contributed by atoms with Crippen molar-refractivity contribution in [2.75, 3.05) is 20.3 Å². The van der Waals surface area contributed by atoms with E-state index in [4.69, 9.17) is 9.47 Å². The van der Waals surface area contributed by atoms with Gasteiger partial charge in [0.25, 0.3) is 0 Å². The summed E-state index contributed by atoms with van der Waals surface area (Å²) >= 11 is 0. The minimum Gasteiger partial charge on any atom is -0.382 e. The number of imidazole rings is 1. The summed E-state index contributed by atoms with van der Waals surface area (Å²) in [5.41, 5.74) is 1.03. The first kappa shape index (κ1) is 15.0. The number of carbonyl (C=O) groups excluding carboxylic acids is 1. The highest BCUT2D eigenvalue weighted by molar-refractivity contribution is 5.80. The summed E-state index contributed by atoms with van der Waals surface area (Å²) in [6.07, 6.45) is 3.41. The van der Waals surface area contributed by atoms with Gasteiger partial charge in [0.2, 0.25) is 5.91 Å². The third-order valence-corrected chi connectivity index (χ3v) is 3.48. The van der Waals surface area contributed by atoms with Gasteiger partial charge in [-0.2, -0.15) is 0 Å². The van der Waals surface area contributed by atoms with Gasteiger partial charge in [0, 0.05) is 32.3 Å². The van der Waals surface area contributed by atoms with Crippen LogP contribution in [0.2, 0.25) is 0 Å². The molecule has 2 rings (SSSR count). The molecule has 1 N–H and O–H groups in total. The number of hydrogen-bond donors (Lipinski definition) is 1. The van der Waals surface area contributed by atoms with Gasteiger partial charge in [0.1, 0.15) is 11.9 Å². The van der Waals surface area contributed by atoms with E-state index in [1.54, 1.807) is 14.0 Å². The molecular weight excluding hydrogens is 258 g/mol. The Labute approximate surface area is 119 Å². The molecule has 1 amide bonds. The molecule has 0 aliphatic carbocycles. The second-order valence-corrected chi connectivity index (χ2v) is 5.20. The highest BCUT2D eigenvalue weighted by Crippen LogP contribution is 2.15. The lowest BCUT2D eigenvalue weighted by Gasteiger charge is -2.26. The summed E-state index contributed by atoms with van der Waals surface area (Å²) < 4.78 is 12.4. The number of rotatable bonds is 6. The minimum atomic E-state index is -0.448. The van der Waals surface area contributed by atoms with Crippen molar-refractivity contribution in [2.24, 2.45) is 0 Å². The van der Waals surface area contributed by atoms with Crippen LogP contribution >= 0.6 is 0 Å². The van der Waals surface area contributed by atoms with Crippen molar-refractivity contribution in [2.45, 2.75) is 45.4 Å². The van der Waals surface area contributed by atoms with Crippen LogP contribution in [0.15, 0.2) is 6.20 Å². The number of ether oxygens (including phenoxy) is 2. The number of aromatic nitrogens is 2. The number of aryl methyl sites for hydroxylation is 2. The Kier molecular flexibility index (Phi) is 5.14. The summed E-state index contributed by atoms with van der Waals surface area (Å²) in [5.74, 6) is 1.05. The van der Waals surface area contributed by atoms with E-state index in [2.05, 4.69) is 14.9 Å². The molecule has 1 aromatic heterocycles. The number of nitrogens with one attached hydrogen (secondary N) is 1. The fourth-order valence-electron chi connectivity index (χ4n) is 2.41. The Morgan fingerprint density at radius 2 is 2.40 bits per heavy atom. The molecule has 0 spiro atoms. The van der Waals surface area contributed by atoms with E-state index in [9.17, 15) is 4.79 Å². The molecule has 0 aromatic carbocycles. The molecule has 1 aromatic rings. The second kappa shape index (κ2) is 6.85. The molecule has 112 valence electrons. The zero-order valence-electron chi connectivity index (χ0n) is 12.4. The number of carbonyl (C=O) groups is 1. The zero-order valence-corrected chi connectivity index (χ0v) is 12.4. The quantitative estimate of drug-likeness (QED) is 0.779. The molecule has 2 atom stereocenters. The predicted octanol–water partition coefficient (Wildman–Crippen LogP) is 0.674. The summed E-state index contributed by atoms with van der Waals surface area (Å²) in [6.45, 7) is 5.47. The lowest BCUT2D eigenvalue weighted by molar-refractivity contribution is -0.133. The minimum absolute atomic E-state index is 0.0635.